The molecule has 0 radical (unpaired) electrons. The fraction of sp³-hybridized carbons (Fsp3) is 0.619. The normalized spacial score (nSPS) is 18.5. The second-order valence-electron chi connectivity index (χ2n) is 7.29. The van der Waals surface area contributed by atoms with E-state index < -0.39 is 24.4 Å². The summed E-state index contributed by atoms with van der Waals surface area (Å²) < 4.78 is 27.4. The van der Waals surface area contributed by atoms with E-state index in [1.165, 1.54) is 11.8 Å². The van der Waals surface area contributed by atoms with E-state index in [1.54, 1.807) is 0 Å². The molecule has 1 saturated heterocycles. The lowest BCUT2D eigenvalue weighted by Gasteiger charge is -2.32. The van der Waals surface area contributed by atoms with Crippen LogP contribution in [-0.4, -0.2) is 68.3 Å². The van der Waals surface area contributed by atoms with E-state index in [2.05, 4.69) is 0 Å². The lowest BCUT2D eigenvalue weighted by atomic mass is 10.1. The molecule has 0 aliphatic carbocycles. The molecule has 168 valence electrons. The van der Waals surface area contributed by atoms with Gasteiger partial charge >= 0.3 is 12.1 Å². The average Bonchev–Trinajstić information content (AvgIpc) is 2.72. The molecule has 2 rings (SSSR count). The van der Waals surface area contributed by atoms with Gasteiger partial charge in [0.25, 0.3) is 0 Å². The molecule has 1 fully saturated rings. The first kappa shape index (κ1) is 23.8. The van der Waals surface area contributed by atoms with E-state index in [0.29, 0.717) is 37.8 Å². The Hall–Kier alpha value is -2.52. The number of nitrogens with two attached hydrogens (primary N) is 1. The van der Waals surface area contributed by atoms with Crippen molar-refractivity contribution in [2.75, 3.05) is 32.9 Å². The summed E-state index contributed by atoms with van der Waals surface area (Å²) in [6.07, 6.45) is -1.95. The van der Waals surface area contributed by atoms with Crippen molar-refractivity contribution in [3.05, 3.63) is 24.3 Å². The zero-order valence-electron chi connectivity index (χ0n) is 18.0. The monoisotopic (exact) mass is 424 g/mol. The van der Waals surface area contributed by atoms with Crippen molar-refractivity contribution in [3.63, 3.8) is 0 Å². The molecule has 9 heteroatoms. The molecule has 1 aromatic carbocycles. The maximum Gasteiger partial charge on any atom is 0.413 e. The summed E-state index contributed by atoms with van der Waals surface area (Å²) >= 11 is 0. The standard InChI is InChI=1S/C21H32N2O7/c1-5-26-17-8-6-7-9-18(17)28-13-16-12-23(10-11-27-16)21(25)30-15(4)29-20(24)19(22)14(2)3/h6-9,14-16,19H,5,10-13,22H2,1-4H3/t15-,16-,19+/m1/s1. The topological polar surface area (TPSA) is 110 Å². The fourth-order valence-electron chi connectivity index (χ4n) is 2.77. The molecule has 1 aliphatic heterocycles. The van der Waals surface area contributed by atoms with Gasteiger partial charge in [-0.2, -0.15) is 0 Å². The molecule has 0 saturated carbocycles. The fourth-order valence-corrected chi connectivity index (χ4v) is 2.77. The van der Waals surface area contributed by atoms with Gasteiger partial charge < -0.3 is 34.3 Å². The average molecular weight is 424 g/mol. The first-order valence-electron chi connectivity index (χ1n) is 10.2. The summed E-state index contributed by atoms with van der Waals surface area (Å²) in [5.41, 5.74) is 5.75. The third-order valence-electron chi connectivity index (χ3n) is 4.51. The Morgan fingerprint density at radius 2 is 1.83 bits per heavy atom. The minimum absolute atomic E-state index is 0.0757. The first-order valence-corrected chi connectivity index (χ1v) is 10.2. The number of carbonyl (C=O) groups is 2. The molecule has 0 aromatic heterocycles. The van der Waals surface area contributed by atoms with Crippen molar-refractivity contribution < 1.29 is 33.3 Å². The molecule has 0 spiro atoms. The van der Waals surface area contributed by atoms with Gasteiger partial charge in [0.15, 0.2) is 11.5 Å². The van der Waals surface area contributed by atoms with E-state index in [0.717, 1.165) is 0 Å². The third-order valence-corrected chi connectivity index (χ3v) is 4.51. The molecule has 1 aromatic rings. The molecule has 0 bridgehead atoms. The van der Waals surface area contributed by atoms with Gasteiger partial charge in [0.05, 0.1) is 19.8 Å². The van der Waals surface area contributed by atoms with Crippen molar-refractivity contribution in [2.24, 2.45) is 11.7 Å². The molecule has 2 N–H and O–H groups in total. The van der Waals surface area contributed by atoms with Crippen LogP contribution in [0.15, 0.2) is 24.3 Å². The highest BCUT2D eigenvalue weighted by Crippen LogP contribution is 2.26. The molecule has 9 nitrogen and oxygen atoms in total. The first-order chi connectivity index (χ1) is 14.3. The highest BCUT2D eigenvalue weighted by molar-refractivity contribution is 5.76. The highest BCUT2D eigenvalue weighted by Gasteiger charge is 2.28. The number of esters is 1. The van der Waals surface area contributed by atoms with Crippen molar-refractivity contribution in [3.8, 4) is 11.5 Å². The summed E-state index contributed by atoms with van der Waals surface area (Å²) in [4.78, 5) is 25.8. The number of benzene rings is 1. The molecular weight excluding hydrogens is 392 g/mol. The quantitative estimate of drug-likeness (QED) is 0.474. The lowest BCUT2D eigenvalue weighted by Crippen LogP contribution is -2.48. The number of morpholine rings is 1. The molecule has 1 heterocycles. The Labute approximate surface area is 177 Å². The van der Waals surface area contributed by atoms with Crippen LogP contribution in [0.3, 0.4) is 0 Å². The number of carbonyl (C=O) groups excluding carboxylic acids is 2. The number of para-hydroxylation sites is 2. The third kappa shape index (κ3) is 7.07. The smallest absolute Gasteiger partial charge is 0.413 e. The van der Waals surface area contributed by atoms with Crippen LogP contribution in [0.5, 0.6) is 11.5 Å². The van der Waals surface area contributed by atoms with Crippen LogP contribution in [0.25, 0.3) is 0 Å². The number of hydrogen-bond acceptors (Lipinski definition) is 8. The summed E-state index contributed by atoms with van der Waals surface area (Å²) in [6, 6.07) is 6.61. The molecule has 1 amide bonds. The Balaban J connectivity index is 1.82. The Bertz CT molecular complexity index is 698. The molecule has 1 aliphatic rings. The largest absolute Gasteiger partial charge is 0.490 e. The van der Waals surface area contributed by atoms with Crippen molar-refractivity contribution in [2.45, 2.75) is 46.1 Å². The number of nitrogens with zero attached hydrogens (tertiary/aromatic N) is 1. The lowest BCUT2D eigenvalue weighted by molar-refractivity contribution is -0.169. The molecule has 30 heavy (non-hydrogen) atoms. The van der Waals surface area contributed by atoms with Crippen LogP contribution in [-0.2, 0) is 19.0 Å². The van der Waals surface area contributed by atoms with Gasteiger partial charge in [0, 0.05) is 13.5 Å². The van der Waals surface area contributed by atoms with Crippen LogP contribution in [0.2, 0.25) is 0 Å². The van der Waals surface area contributed by atoms with Crippen LogP contribution < -0.4 is 15.2 Å². The number of amides is 1. The van der Waals surface area contributed by atoms with Crippen LogP contribution in [0, 0.1) is 5.92 Å². The van der Waals surface area contributed by atoms with Gasteiger partial charge in [0.2, 0.25) is 6.29 Å². The molecule has 0 unspecified atom stereocenters. The van der Waals surface area contributed by atoms with E-state index >= 15 is 0 Å². The van der Waals surface area contributed by atoms with Gasteiger partial charge in [-0.15, -0.1) is 0 Å². The predicted octanol–water partition coefficient (Wildman–Crippen LogP) is 2.17. The second-order valence-corrected chi connectivity index (χ2v) is 7.29. The summed E-state index contributed by atoms with van der Waals surface area (Å²) in [6.45, 7) is 8.80. The molecule has 3 atom stereocenters. The Morgan fingerprint density at radius 1 is 1.17 bits per heavy atom. The summed E-state index contributed by atoms with van der Waals surface area (Å²) in [5, 5.41) is 0. The maximum atomic E-state index is 12.4. The molecular formula is C21H32N2O7. The van der Waals surface area contributed by atoms with E-state index in [1.807, 2.05) is 45.0 Å². The van der Waals surface area contributed by atoms with Gasteiger partial charge in [0.1, 0.15) is 18.8 Å². The minimum Gasteiger partial charge on any atom is -0.490 e. The Morgan fingerprint density at radius 3 is 2.47 bits per heavy atom. The van der Waals surface area contributed by atoms with Crippen LogP contribution in [0.4, 0.5) is 4.79 Å². The van der Waals surface area contributed by atoms with Gasteiger partial charge in [-0.05, 0) is 25.0 Å². The van der Waals surface area contributed by atoms with Crippen LogP contribution >= 0.6 is 0 Å². The summed E-state index contributed by atoms with van der Waals surface area (Å²) in [5.74, 6) is 0.590. The van der Waals surface area contributed by atoms with Crippen molar-refractivity contribution in [1.82, 2.24) is 4.90 Å². The van der Waals surface area contributed by atoms with Gasteiger partial charge in [-0.25, -0.2) is 4.79 Å². The van der Waals surface area contributed by atoms with E-state index in [-0.39, 0.29) is 18.6 Å². The van der Waals surface area contributed by atoms with E-state index in [9.17, 15) is 9.59 Å². The number of rotatable bonds is 9. The van der Waals surface area contributed by atoms with E-state index in [4.69, 9.17) is 29.4 Å². The number of hydrogen-bond donors (Lipinski definition) is 1. The van der Waals surface area contributed by atoms with Gasteiger partial charge in [-0.3, -0.25) is 4.79 Å². The zero-order valence-corrected chi connectivity index (χ0v) is 18.0. The van der Waals surface area contributed by atoms with Crippen molar-refractivity contribution >= 4 is 12.1 Å². The van der Waals surface area contributed by atoms with Crippen molar-refractivity contribution in [1.29, 1.82) is 0 Å². The minimum atomic E-state index is -1.04. The number of ether oxygens (including phenoxy) is 5. The second kappa shape index (κ2) is 11.6. The Kier molecular flexibility index (Phi) is 9.19. The van der Waals surface area contributed by atoms with Crippen LogP contribution in [0.1, 0.15) is 27.7 Å². The maximum absolute atomic E-state index is 12.4. The highest BCUT2D eigenvalue weighted by atomic mass is 16.7. The zero-order chi connectivity index (χ0) is 22.1. The summed E-state index contributed by atoms with van der Waals surface area (Å²) in [7, 11) is 0. The predicted molar refractivity (Wildman–Crippen MR) is 109 cm³/mol. The van der Waals surface area contributed by atoms with Gasteiger partial charge in [-0.1, -0.05) is 26.0 Å². The SMILES string of the molecule is CCOc1ccccc1OC[C@H]1CN(C(=O)O[C@H](C)OC(=O)[C@@H](N)C(C)C)CCO1.